The predicted molar refractivity (Wildman–Crippen MR) is 121 cm³/mol. The van der Waals surface area contributed by atoms with E-state index in [0.717, 1.165) is 56.6 Å². The van der Waals surface area contributed by atoms with Crippen LogP contribution in [0.1, 0.15) is 68.9 Å². The number of benzene rings is 2. The van der Waals surface area contributed by atoms with E-state index >= 15 is 0 Å². The zero-order valence-corrected chi connectivity index (χ0v) is 18.1. The first-order valence-electron chi connectivity index (χ1n) is 11.3. The molecule has 158 valence electrons. The summed E-state index contributed by atoms with van der Waals surface area (Å²) in [6.45, 7) is 5.39. The number of nitrogens with zero attached hydrogens (tertiary/aromatic N) is 1. The Morgan fingerprint density at radius 2 is 1.66 bits per heavy atom. The summed E-state index contributed by atoms with van der Waals surface area (Å²) in [5, 5.41) is 12.2. The van der Waals surface area contributed by atoms with Gasteiger partial charge in [-0.3, -0.25) is 0 Å². The van der Waals surface area contributed by atoms with E-state index in [1.54, 1.807) is 7.11 Å². The molecule has 3 nitrogen and oxygen atoms in total. The van der Waals surface area contributed by atoms with Crippen LogP contribution in [0, 0.1) is 0 Å². The molecular formula is C26H37NO2. The molecule has 2 unspecified atom stereocenters. The van der Waals surface area contributed by atoms with Gasteiger partial charge >= 0.3 is 0 Å². The fourth-order valence-electron chi connectivity index (χ4n) is 4.66. The molecule has 3 rings (SSSR count). The van der Waals surface area contributed by atoms with Crippen molar-refractivity contribution in [2.24, 2.45) is 0 Å². The summed E-state index contributed by atoms with van der Waals surface area (Å²) in [5.74, 6) is 0.879. The zero-order valence-electron chi connectivity index (χ0n) is 18.1. The van der Waals surface area contributed by atoms with E-state index in [9.17, 15) is 5.11 Å². The van der Waals surface area contributed by atoms with Gasteiger partial charge in [-0.25, -0.2) is 0 Å². The lowest BCUT2D eigenvalue weighted by Crippen LogP contribution is -2.42. The predicted octanol–water partition coefficient (Wildman–Crippen LogP) is 5.73. The quantitative estimate of drug-likeness (QED) is 0.521. The number of piperidine rings is 1. The van der Waals surface area contributed by atoms with Crippen molar-refractivity contribution in [3.05, 3.63) is 65.7 Å². The SMILES string of the molecule is CCCCCC(O)(c1ccc(OC)cc1)C(CN1CCCCC1)c1ccccc1. The van der Waals surface area contributed by atoms with Gasteiger partial charge in [-0.05, 0) is 55.6 Å². The Bertz CT molecular complexity index is 709. The minimum absolute atomic E-state index is 0.0482. The van der Waals surface area contributed by atoms with Crippen LogP contribution in [0.2, 0.25) is 0 Å². The van der Waals surface area contributed by atoms with E-state index in [4.69, 9.17) is 4.74 Å². The third kappa shape index (κ3) is 5.61. The highest BCUT2D eigenvalue weighted by Crippen LogP contribution is 2.42. The molecule has 0 spiro atoms. The molecule has 0 bridgehead atoms. The Kier molecular flexibility index (Phi) is 8.14. The molecule has 2 atom stereocenters. The van der Waals surface area contributed by atoms with E-state index in [1.165, 1.54) is 24.8 Å². The molecule has 1 aliphatic heterocycles. The molecule has 1 heterocycles. The smallest absolute Gasteiger partial charge is 0.118 e. The second-order valence-electron chi connectivity index (χ2n) is 8.43. The first-order valence-corrected chi connectivity index (χ1v) is 11.3. The maximum Gasteiger partial charge on any atom is 0.118 e. The maximum absolute atomic E-state index is 12.2. The fraction of sp³-hybridized carbons (Fsp3) is 0.538. The summed E-state index contributed by atoms with van der Waals surface area (Å²) in [6.07, 6.45) is 7.95. The Hall–Kier alpha value is -1.84. The highest BCUT2D eigenvalue weighted by molar-refractivity contribution is 5.35. The van der Waals surface area contributed by atoms with Gasteiger partial charge < -0.3 is 14.7 Å². The van der Waals surface area contributed by atoms with Gasteiger partial charge in [-0.15, -0.1) is 0 Å². The fourth-order valence-corrected chi connectivity index (χ4v) is 4.66. The second-order valence-corrected chi connectivity index (χ2v) is 8.43. The number of hydrogen-bond donors (Lipinski definition) is 1. The Labute approximate surface area is 176 Å². The number of methoxy groups -OCH3 is 1. The van der Waals surface area contributed by atoms with E-state index in [0.29, 0.717) is 0 Å². The molecule has 1 N–H and O–H groups in total. The van der Waals surface area contributed by atoms with Crippen molar-refractivity contribution in [1.29, 1.82) is 0 Å². The van der Waals surface area contributed by atoms with Gasteiger partial charge in [-0.2, -0.15) is 0 Å². The molecule has 3 heteroatoms. The normalized spacial score (nSPS) is 18.2. The molecule has 0 radical (unpaired) electrons. The van der Waals surface area contributed by atoms with Crippen LogP contribution in [0.25, 0.3) is 0 Å². The topological polar surface area (TPSA) is 32.7 Å². The molecular weight excluding hydrogens is 358 g/mol. The largest absolute Gasteiger partial charge is 0.497 e. The molecule has 1 fully saturated rings. The third-order valence-electron chi connectivity index (χ3n) is 6.42. The molecule has 0 amide bonds. The van der Waals surface area contributed by atoms with Crippen LogP contribution in [0.4, 0.5) is 0 Å². The summed E-state index contributed by atoms with van der Waals surface area (Å²) in [4.78, 5) is 2.55. The lowest BCUT2D eigenvalue weighted by molar-refractivity contribution is -0.0167. The molecule has 29 heavy (non-hydrogen) atoms. The van der Waals surface area contributed by atoms with Gasteiger partial charge in [-0.1, -0.05) is 75.1 Å². The molecule has 1 aliphatic rings. The van der Waals surface area contributed by atoms with Crippen LogP contribution >= 0.6 is 0 Å². The molecule has 1 saturated heterocycles. The third-order valence-corrected chi connectivity index (χ3v) is 6.42. The lowest BCUT2D eigenvalue weighted by atomic mass is 9.73. The molecule has 0 saturated carbocycles. The number of unbranched alkanes of at least 4 members (excludes halogenated alkanes) is 2. The standard InChI is InChI=1S/C26H37NO2/c1-3-4-9-18-26(28,23-14-16-24(29-2)17-15-23)25(22-12-7-5-8-13-22)21-27-19-10-6-11-20-27/h5,7-8,12-17,25,28H,3-4,6,9-11,18-21H2,1-2H3. The van der Waals surface area contributed by atoms with E-state index in [2.05, 4.69) is 54.3 Å². The monoisotopic (exact) mass is 395 g/mol. The number of aliphatic hydroxyl groups is 1. The molecule has 0 aromatic heterocycles. The van der Waals surface area contributed by atoms with Crippen LogP contribution in [0.15, 0.2) is 54.6 Å². The number of hydrogen-bond acceptors (Lipinski definition) is 3. The first kappa shape index (κ1) is 21.9. The summed E-state index contributed by atoms with van der Waals surface area (Å²) in [6, 6.07) is 18.7. The second kappa shape index (κ2) is 10.8. The summed E-state index contributed by atoms with van der Waals surface area (Å²) < 4.78 is 5.36. The van der Waals surface area contributed by atoms with Crippen molar-refractivity contribution in [3.8, 4) is 5.75 Å². The van der Waals surface area contributed by atoms with Crippen molar-refractivity contribution in [1.82, 2.24) is 4.90 Å². The molecule has 2 aromatic rings. The maximum atomic E-state index is 12.2. The van der Waals surface area contributed by atoms with Crippen molar-refractivity contribution < 1.29 is 9.84 Å². The molecule has 0 aliphatic carbocycles. The Morgan fingerprint density at radius 3 is 2.28 bits per heavy atom. The number of ether oxygens (including phenoxy) is 1. The van der Waals surface area contributed by atoms with Crippen molar-refractivity contribution in [2.75, 3.05) is 26.7 Å². The average molecular weight is 396 g/mol. The molecule has 2 aromatic carbocycles. The van der Waals surface area contributed by atoms with Crippen molar-refractivity contribution in [3.63, 3.8) is 0 Å². The Balaban J connectivity index is 1.97. The van der Waals surface area contributed by atoms with Gasteiger partial charge in [0, 0.05) is 12.5 Å². The summed E-state index contributed by atoms with van der Waals surface area (Å²) >= 11 is 0. The minimum Gasteiger partial charge on any atom is -0.497 e. The van der Waals surface area contributed by atoms with Crippen molar-refractivity contribution >= 4 is 0 Å². The summed E-state index contributed by atoms with van der Waals surface area (Å²) in [7, 11) is 1.69. The minimum atomic E-state index is -0.889. The van der Waals surface area contributed by atoms with Crippen molar-refractivity contribution in [2.45, 2.75) is 63.4 Å². The van der Waals surface area contributed by atoms with Crippen LogP contribution < -0.4 is 4.74 Å². The zero-order chi connectivity index (χ0) is 20.5. The van der Waals surface area contributed by atoms with Crippen LogP contribution in [0.5, 0.6) is 5.75 Å². The highest BCUT2D eigenvalue weighted by Gasteiger charge is 2.40. The Morgan fingerprint density at radius 1 is 0.966 bits per heavy atom. The summed E-state index contributed by atoms with van der Waals surface area (Å²) in [5.41, 5.74) is 1.34. The van der Waals surface area contributed by atoms with Gasteiger partial charge in [0.2, 0.25) is 0 Å². The van der Waals surface area contributed by atoms with Crippen LogP contribution in [-0.2, 0) is 5.60 Å². The van der Waals surface area contributed by atoms with Gasteiger partial charge in [0.15, 0.2) is 0 Å². The highest BCUT2D eigenvalue weighted by atomic mass is 16.5. The van der Waals surface area contributed by atoms with E-state index in [-0.39, 0.29) is 5.92 Å². The van der Waals surface area contributed by atoms with E-state index < -0.39 is 5.60 Å². The van der Waals surface area contributed by atoms with Gasteiger partial charge in [0.25, 0.3) is 0 Å². The van der Waals surface area contributed by atoms with Gasteiger partial charge in [0.05, 0.1) is 12.7 Å². The number of likely N-dealkylation sites (tertiary alicyclic amines) is 1. The van der Waals surface area contributed by atoms with Crippen LogP contribution in [-0.4, -0.2) is 36.8 Å². The first-order chi connectivity index (χ1) is 14.2. The lowest BCUT2D eigenvalue weighted by Gasteiger charge is -2.41. The van der Waals surface area contributed by atoms with Crippen LogP contribution in [0.3, 0.4) is 0 Å². The van der Waals surface area contributed by atoms with Gasteiger partial charge in [0.1, 0.15) is 5.75 Å². The average Bonchev–Trinajstić information content (AvgIpc) is 2.79. The number of rotatable bonds is 10. The van der Waals surface area contributed by atoms with E-state index in [1.807, 2.05) is 12.1 Å².